The number of carbonyl (C=O) groups is 1. The number of hydrogen-bond donors (Lipinski definition) is 1. The number of rotatable bonds is 5. The summed E-state index contributed by atoms with van der Waals surface area (Å²) in [6, 6.07) is 9.67. The van der Waals surface area contributed by atoms with Crippen LogP contribution in [0, 0.1) is 0 Å². The summed E-state index contributed by atoms with van der Waals surface area (Å²) in [4.78, 5) is 11.6. The zero-order valence-electron chi connectivity index (χ0n) is 9.48. The van der Waals surface area contributed by atoms with Crippen molar-refractivity contribution in [2.24, 2.45) is 5.73 Å². The molecule has 16 heavy (non-hydrogen) atoms. The molecule has 3 nitrogen and oxygen atoms in total. The van der Waals surface area contributed by atoms with Gasteiger partial charge in [-0.15, -0.1) is 0 Å². The Morgan fingerprint density at radius 3 is 2.62 bits per heavy atom. The molecule has 0 aliphatic rings. The predicted octanol–water partition coefficient (Wildman–Crippen LogP) is 1.98. The molecule has 0 aliphatic carbocycles. The smallest absolute Gasteiger partial charge is 0.334 e. The van der Waals surface area contributed by atoms with Gasteiger partial charge < -0.3 is 10.5 Å². The van der Waals surface area contributed by atoms with Crippen molar-refractivity contribution in [3.8, 4) is 0 Å². The van der Waals surface area contributed by atoms with Crippen LogP contribution < -0.4 is 5.73 Å². The lowest BCUT2D eigenvalue weighted by Crippen LogP contribution is -2.11. The van der Waals surface area contributed by atoms with Crippen molar-refractivity contribution in [3.63, 3.8) is 0 Å². The standard InChI is InChI=1S/C13H17NO2/c1-2-16-13(15)12(8-9-14)10-11-6-4-3-5-7-11/h3-7,10H,2,8-9,14H2,1H3. The van der Waals surface area contributed by atoms with Crippen molar-refractivity contribution in [3.05, 3.63) is 41.5 Å². The molecule has 0 spiro atoms. The fourth-order valence-corrected chi connectivity index (χ4v) is 1.36. The lowest BCUT2D eigenvalue weighted by molar-refractivity contribution is -0.138. The van der Waals surface area contributed by atoms with E-state index in [4.69, 9.17) is 10.5 Å². The largest absolute Gasteiger partial charge is 0.463 e. The summed E-state index contributed by atoms with van der Waals surface area (Å²) in [6.45, 7) is 2.62. The minimum Gasteiger partial charge on any atom is -0.463 e. The first kappa shape index (κ1) is 12.5. The Balaban J connectivity index is 2.84. The summed E-state index contributed by atoms with van der Waals surface area (Å²) in [7, 11) is 0. The van der Waals surface area contributed by atoms with Crippen LogP contribution in [0.15, 0.2) is 35.9 Å². The Labute approximate surface area is 95.9 Å². The SMILES string of the molecule is CCOC(=O)C(=Cc1ccccc1)CCN. The van der Waals surface area contributed by atoms with Crippen LogP contribution in [-0.2, 0) is 9.53 Å². The van der Waals surface area contributed by atoms with E-state index in [0.717, 1.165) is 5.56 Å². The molecule has 0 amide bonds. The quantitative estimate of drug-likeness (QED) is 0.608. The van der Waals surface area contributed by atoms with Crippen molar-refractivity contribution >= 4 is 12.0 Å². The van der Waals surface area contributed by atoms with E-state index < -0.39 is 0 Å². The van der Waals surface area contributed by atoms with Gasteiger partial charge in [0.1, 0.15) is 0 Å². The molecule has 2 N–H and O–H groups in total. The van der Waals surface area contributed by atoms with Crippen LogP contribution in [0.4, 0.5) is 0 Å². The van der Waals surface area contributed by atoms with E-state index in [9.17, 15) is 4.79 Å². The monoisotopic (exact) mass is 219 g/mol. The summed E-state index contributed by atoms with van der Waals surface area (Å²) in [6.07, 6.45) is 2.36. The molecule has 0 saturated carbocycles. The number of carbonyl (C=O) groups excluding carboxylic acids is 1. The van der Waals surface area contributed by atoms with Gasteiger partial charge >= 0.3 is 5.97 Å². The molecule has 1 rings (SSSR count). The fourth-order valence-electron chi connectivity index (χ4n) is 1.36. The lowest BCUT2D eigenvalue weighted by atomic mass is 10.1. The van der Waals surface area contributed by atoms with Crippen LogP contribution in [0.3, 0.4) is 0 Å². The van der Waals surface area contributed by atoms with Gasteiger partial charge in [0.25, 0.3) is 0 Å². The second kappa shape index (κ2) is 6.80. The predicted molar refractivity (Wildman–Crippen MR) is 64.7 cm³/mol. The maximum atomic E-state index is 11.6. The third-order valence-corrected chi connectivity index (χ3v) is 2.09. The van der Waals surface area contributed by atoms with E-state index in [1.165, 1.54) is 0 Å². The molecule has 0 bridgehead atoms. The van der Waals surface area contributed by atoms with E-state index in [1.54, 1.807) is 6.92 Å². The summed E-state index contributed by atoms with van der Waals surface area (Å²) >= 11 is 0. The number of ether oxygens (including phenoxy) is 1. The topological polar surface area (TPSA) is 52.3 Å². The Morgan fingerprint density at radius 1 is 1.38 bits per heavy atom. The maximum Gasteiger partial charge on any atom is 0.334 e. The summed E-state index contributed by atoms with van der Waals surface area (Å²) in [5.41, 5.74) is 7.07. The van der Waals surface area contributed by atoms with E-state index in [2.05, 4.69) is 0 Å². The molecule has 3 heteroatoms. The zero-order valence-corrected chi connectivity index (χ0v) is 9.48. The molecule has 0 aromatic heterocycles. The maximum absolute atomic E-state index is 11.6. The highest BCUT2D eigenvalue weighted by Gasteiger charge is 2.09. The Morgan fingerprint density at radius 2 is 2.06 bits per heavy atom. The second-order valence-corrected chi connectivity index (χ2v) is 3.34. The van der Waals surface area contributed by atoms with E-state index in [0.29, 0.717) is 25.1 Å². The molecule has 0 aliphatic heterocycles. The number of esters is 1. The second-order valence-electron chi connectivity index (χ2n) is 3.34. The lowest BCUT2D eigenvalue weighted by Gasteiger charge is -2.05. The average molecular weight is 219 g/mol. The molecule has 1 aromatic carbocycles. The minimum absolute atomic E-state index is 0.281. The van der Waals surface area contributed by atoms with Gasteiger partial charge in [-0.3, -0.25) is 0 Å². The van der Waals surface area contributed by atoms with Crippen molar-refractivity contribution < 1.29 is 9.53 Å². The molecule has 1 aromatic rings. The van der Waals surface area contributed by atoms with Crippen molar-refractivity contribution in [2.45, 2.75) is 13.3 Å². The average Bonchev–Trinajstić information content (AvgIpc) is 2.30. The first-order chi connectivity index (χ1) is 7.77. The highest BCUT2D eigenvalue weighted by atomic mass is 16.5. The normalized spacial score (nSPS) is 11.2. The summed E-state index contributed by atoms with van der Waals surface area (Å²) in [5.74, 6) is -0.281. The first-order valence-corrected chi connectivity index (χ1v) is 5.40. The van der Waals surface area contributed by atoms with Gasteiger partial charge in [0.05, 0.1) is 6.61 Å². The number of nitrogens with two attached hydrogens (primary N) is 1. The molecule has 0 radical (unpaired) electrons. The summed E-state index contributed by atoms with van der Waals surface area (Å²) < 4.78 is 4.97. The third-order valence-electron chi connectivity index (χ3n) is 2.09. The molecule has 0 atom stereocenters. The molecule has 0 heterocycles. The highest BCUT2D eigenvalue weighted by Crippen LogP contribution is 2.10. The van der Waals surface area contributed by atoms with Gasteiger partial charge in [-0.25, -0.2) is 4.79 Å². The molecule has 86 valence electrons. The first-order valence-electron chi connectivity index (χ1n) is 5.40. The molecular formula is C13H17NO2. The van der Waals surface area contributed by atoms with Crippen LogP contribution >= 0.6 is 0 Å². The molecule has 0 unspecified atom stereocenters. The van der Waals surface area contributed by atoms with Crippen molar-refractivity contribution in [2.75, 3.05) is 13.2 Å². The number of hydrogen-bond acceptors (Lipinski definition) is 3. The minimum atomic E-state index is -0.281. The summed E-state index contributed by atoms with van der Waals surface area (Å²) in [5, 5.41) is 0. The van der Waals surface area contributed by atoms with E-state index >= 15 is 0 Å². The Kier molecular flexibility index (Phi) is 5.29. The van der Waals surface area contributed by atoms with Crippen LogP contribution in [0.1, 0.15) is 18.9 Å². The van der Waals surface area contributed by atoms with Gasteiger partial charge in [0.15, 0.2) is 0 Å². The van der Waals surface area contributed by atoms with Crippen LogP contribution in [0.25, 0.3) is 6.08 Å². The van der Waals surface area contributed by atoms with Gasteiger partial charge in [-0.2, -0.15) is 0 Å². The third kappa shape index (κ3) is 3.87. The Bertz CT molecular complexity index is 357. The van der Waals surface area contributed by atoms with Crippen LogP contribution in [-0.4, -0.2) is 19.1 Å². The van der Waals surface area contributed by atoms with Crippen LogP contribution in [0.2, 0.25) is 0 Å². The van der Waals surface area contributed by atoms with E-state index in [-0.39, 0.29) is 5.97 Å². The Hall–Kier alpha value is -1.61. The van der Waals surface area contributed by atoms with Gasteiger partial charge in [-0.05, 0) is 31.5 Å². The van der Waals surface area contributed by atoms with Gasteiger partial charge in [-0.1, -0.05) is 30.3 Å². The van der Waals surface area contributed by atoms with Gasteiger partial charge in [0.2, 0.25) is 0 Å². The highest BCUT2D eigenvalue weighted by molar-refractivity contribution is 5.93. The number of benzene rings is 1. The van der Waals surface area contributed by atoms with Crippen molar-refractivity contribution in [1.29, 1.82) is 0 Å². The molecule has 0 saturated heterocycles. The zero-order chi connectivity index (χ0) is 11.8. The molecular weight excluding hydrogens is 202 g/mol. The fraction of sp³-hybridized carbons (Fsp3) is 0.308. The van der Waals surface area contributed by atoms with E-state index in [1.807, 2.05) is 36.4 Å². The molecule has 0 fully saturated rings. The van der Waals surface area contributed by atoms with Crippen LogP contribution in [0.5, 0.6) is 0 Å². The van der Waals surface area contributed by atoms with Crippen molar-refractivity contribution in [1.82, 2.24) is 0 Å². The van der Waals surface area contributed by atoms with Gasteiger partial charge in [0, 0.05) is 5.57 Å².